The second kappa shape index (κ2) is 10.5. The van der Waals surface area contributed by atoms with Crippen LogP contribution >= 0.6 is 0 Å². The fraction of sp³-hybridized carbons (Fsp3) is 0.208. The molecule has 0 saturated heterocycles. The van der Waals surface area contributed by atoms with Gasteiger partial charge in [-0.3, -0.25) is 9.59 Å². The molecular formula is C24H20F4N2O6. The Morgan fingerprint density at radius 2 is 1.75 bits per heavy atom. The van der Waals surface area contributed by atoms with E-state index >= 15 is 0 Å². The molecule has 0 saturated carbocycles. The summed E-state index contributed by atoms with van der Waals surface area (Å²) in [5.74, 6) is -3.65. The summed E-state index contributed by atoms with van der Waals surface area (Å²) in [6.07, 6.45) is -4.54. The minimum atomic E-state index is -4.84. The van der Waals surface area contributed by atoms with Crippen LogP contribution in [0, 0.1) is 5.82 Å². The third kappa shape index (κ3) is 6.01. The molecule has 36 heavy (non-hydrogen) atoms. The predicted molar refractivity (Wildman–Crippen MR) is 120 cm³/mol. The number of amides is 1. The van der Waals surface area contributed by atoms with Gasteiger partial charge in [0.25, 0.3) is 11.5 Å². The molecule has 0 aliphatic rings. The number of benzene rings is 2. The van der Waals surface area contributed by atoms with Gasteiger partial charge in [-0.1, -0.05) is 0 Å². The SMILES string of the molecule is Cn1c(-c2cc(F)cc(C(F)(F)F)c2)cc(C(=O)NCCCOc2ccc(C(=O)O)cc2)c(O)c1=O. The number of hydrogen-bond acceptors (Lipinski definition) is 5. The molecule has 0 bridgehead atoms. The van der Waals surface area contributed by atoms with Gasteiger partial charge in [-0.2, -0.15) is 13.2 Å². The summed E-state index contributed by atoms with van der Waals surface area (Å²) in [4.78, 5) is 35.8. The van der Waals surface area contributed by atoms with Gasteiger partial charge in [0.15, 0.2) is 5.75 Å². The van der Waals surface area contributed by atoms with Crippen LogP contribution in [0.1, 0.15) is 32.7 Å². The number of pyridine rings is 1. The number of aromatic hydroxyl groups is 1. The van der Waals surface area contributed by atoms with E-state index in [0.717, 1.165) is 23.7 Å². The molecule has 2 aromatic carbocycles. The Kier molecular flexibility index (Phi) is 7.66. The number of halogens is 4. The largest absolute Gasteiger partial charge is 0.502 e. The van der Waals surface area contributed by atoms with E-state index < -0.39 is 46.3 Å². The number of carboxylic acids is 1. The first-order chi connectivity index (χ1) is 16.9. The van der Waals surface area contributed by atoms with Crippen molar-refractivity contribution in [3.63, 3.8) is 0 Å². The Morgan fingerprint density at radius 1 is 1.08 bits per heavy atom. The Labute approximate surface area is 201 Å². The van der Waals surface area contributed by atoms with Crippen molar-refractivity contribution < 1.29 is 42.1 Å². The molecule has 0 atom stereocenters. The van der Waals surface area contributed by atoms with Gasteiger partial charge in [-0.15, -0.1) is 0 Å². The summed E-state index contributed by atoms with van der Waals surface area (Å²) in [5.41, 5.74) is -3.24. The molecule has 0 aliphatic carbocycles. The van der Waals surface area contributed by atoms with Gasteiger partial charge >= 0.3 is 12.1 Å². The van der Waals surface area contributed by atoms with E-state index in [2.05, 4.69) is 5.32 Å². The van der Waals surface area contributed by atoms with E-state index in [-0.39, 0.29) is 30.0 Å². The minimum Gasteiger partial charge on any atom is -0.502 e. The number of alkyl halides is 3. The van der Waals surface area contributed by atoms with Gasteiger partial charge in [-0.05, 0) is 55.0 Å². The van der Waals surface area contributed by atoms with Crippen LogP contribution in [0.15, 0.2) is 53.3 Å². The number of carbonyl (C=O) groups is 2. The quantitative estimate of drug-likeness (QED) is 0.315. The van der Waals surface area contributed by atoms with Crippen LogP contribution < -0.4 is 15.6 Å². The summed E-state index contributed by atoms with van der Waals surface area (Å²) >= 11 is 0. The maximum Gasteiger partial charge on any atom is 0.416 e. The van der Waals surface area contributed by atoms with E-state index in [1.54, 1.807) is 0 Å². The predicted octanol–water partition coefficient (Wildman–Crippen LogP) is 3.81. The highest BCUT2D eigenvalue weighted by molar-refractivity contribution is 5.97. The standard InChI is InChI=1S/C24H20F4N2O6/c1-30-19(14-9-15(24(26,27)28)11-16(25)10-14)12-18(20(31)22(30)33)21(32)29-7-2-8-36-17-5-3-13(4-6-17)23(34)35/h3-6,9-12,31H,2,7-8H2,1H3,(H,29,32)(H,34,35). The normalized spacial score (nSPS) is 11.2. The molecule has 3 rings (SSSR count). The van der Waals surface area contributed by atoms with Gasteiger partial charge in [0, 0.05) is 19.2 Å². The van der Waals surface area contributed by atoms with E-state index in [4.69, 9.17) is 9.84 Å². The molecule has 0 fully saturated rings. The number of aromatic nitrogens is 1. The van der Waals surface area contributed by atoms with E-state index in [9.17, 15) is 37.1 Å². The molecule has 0 aliphatic heterocycles. The van der Waals surface area contributed by atoms with Crippen LogP contribution in [0.5, 0.6) is 11.5 Å². The van der Waals surface area contributed by atoms with Crippen molar-refractivity contribution in [1.29, 1.82) is 0 Å². The third-order valence-corrected chi connectivity index (χ3v) is 5.15. The average molecular weight is 508 g/mol. The smallest absolute Gasteiger partial charge is 0.416 e. The summed E-state index contributed by atoms with van der Waals surface area (Å²) in [5, 5.41) is 21.5. The van der Waals surface area contributed by atoms with Gasteiger partial charge in [-0.25, -0.2) is 9.18 Å². The zero-order chi connectivity index (χ0) is 26.6. The maximum absolute atomic E-state index is 13.9. The topological polar surface area (TPSA) is 118 Å². The third-order valence-electron chi connectivity index (χ3n) is 5.15. The highest BCUT2D eigenvalue weighted by atomic mass is 19.4. The number of hydrogen-bond donors (Lipinski definition) is 3. The van der Waals surface area contributed by atoms with Crippen molar-refractivity contribution >= 4 is 11.9 Å². The highest BCUT2D eigenvalue weighted by Gasteiger charge is 2.32. The Balaban J connectivity index is 1.72. The molecule has 0 spiro atoms. The van der Waals surface area contributed by atoms with Crippen molar-refractivity contribution in [3.8, 4) is 22.8 Å². The first-order valence-electron chi connectivity index (χ1n) is 10.4. The molecule has 8 nitrogen and oxygen atoms in total. The summed E-state index contributed by atoms with van der Waals surface area (Å²) in [6, 6.07) is 8.40. The number of rotatable bonds is 8. The highest BCUT2D eigenvalue weighted by Crippen LogP contribution is 2.33. The van der Waals surface area contributed by atoms with Gasteiger partial charge < -0.3 is 24.8 Å². The molecule has 12 heteroatoms. The lowest BCUT2D eigenvalue weighted by atomic mass is 10.0. The summed E-state index contributed by atoms with van der Waals surface area (Å²) in [7, 11) is 1.16. The van der Waals surface area contributed by atoms with Gasteiger partial charge in [0.1, 0.15) is 11.6 Å². The number of nitrogens with one attached hydrogen (secondary N) is 1. The maximum atomic E-state index is 13.9. The van der Waals surface area contributed by atoms with Crippen molar-refractivity contribution in [2.75, 3.05) is 13.2 Å². The lowest BCUT2D eigenvalue weighted by Gasteiger charge is -2.15. The Hall–Kier alpha value is -4.35. The number of nitrogens with zero attached hydrogens (tertiary/aromatic N) is 1. The number of ether oxygens (including phenoxy) is 1. The zero-order valence-corrected chi connectivity index (χ0v) is 18.7. The molecule has 190 valence electrons. The second-order valence-corrected chi connectivity index (χ2v) is 7.67. The molecule has 1 amide bonds. The van der Waals surface area contributed by atoms with Crippen LogP contribution in [0.25, 0.3) is 11.3 Å². The second-order valence-electron chi connectivity index (χ2n) is 7.67. The summed E-state index contributed by atoms with van der Waals surface area (Å²) < 4.78 is 59.4. The van der Waals surface area contributed by atoms with Crippen molar-refractivity contribution in [1.82, 2.24) is 9.88 Å². The fourth-order valence-electron chi connectivity index (χ4n) is 3.29. The minimum absolute atomic E-state index is 0.0498. The molecule has 0 radical (unpaired) electrons. The Morgan fingerprint density at radius 3 is 2.36 bits per heavy atom. The van der Waals surface area contributed by atoms with Crippen molar-refractivity contribution in [3.05, 3.63) is 81.4 Å². The van der Waals surface area contributed by atoms with Crippen LogP contribution in [0.4, 0.5) is 17.6 Å². The van der Waals surface area contributed by atoms with E-state index in [1.165, 1.54) is 24.3 Å². The number of carboxylic acid groups (broad SMARTS) is 1. The first kappa shape index (κ1) is 26.3. The molecule has 0 unspecified atom stereocenters. The monoisotopic (exact) mass is 508 g/mol. The first-order valence-corrected chi connectivity index (χ1v) is 10.4. The van der Waals surface area contributed by atoms with Crippen molar-refractivity contribution in [2.45, 2.75) is 12.6 Å². The Bertz CT molecular complexity index is 1350. The van der Waals surface area contributed by atoms with Crippen LogP contribution in [-0.4, -0.2) is 39.8 Å². The van der Waals surface area contributed by atoms with Crippen LogP contribution in [-0.2, 0) is 13.2 Å². The average Bonchev–Trinajstić information content (AvgIpc) is 2.81. The molecular weight excluding hydrogens is 488 g/mol. The molecule has 1 heterocycles. The number of aromatic carboxylic acids is 1. The molecule has 3 N–H and O–H groups in total. The van der Waals surface area contributed by atoms with Gasteiger partial charge in [0.05, 0.1) is 29.0 Å². The lowest BCUT2D eigenvalue weighted by Crippen LogP contribution is -2.29. The van der Waals surface area contributed by atoms with Gasteiger partial charge in [0.2, 0.25) is 0 Å². The van der Waals surface area contributed by atoms with Crippen LogP contribution in [0.3, 0.4) is 0 Å². The van der Waals surface area contributed by atoms with Crippen molar-refractivity contribution in [2.24, 2.45) is 7.05 Å². The summed E-state index contributed by atoms with van der Waals surface area (Å²) in [6.45, 7) is 0.193. The zero-order valence-electron chi connectivity index (χ0n) is 18.7. The molecule has 3 aromatic rings. The van der Waals surface area contributed by atoms with Crippen LogP contribution in [0.2, 0.25) is 0 Å². The fourth-order valence-corrected chi connectivity index (χ4v) is 3.29. The lowest BCUT2D eigenvalue weighted by molar-refractivity contribution is -0.137. The molecule has 1 aromatic heterocycles. The van der Waals surface area contributed by atoms with E-state index in [1.807, 2.05) is 0 Å². The number of carbonyl (C=O) groups excluding carboxylic acids is 1. The van der Waals surface area contributed by atoms with E-state index in [0.29, 0.717) is 24.3 Å².